The number of rotatable bonds is 2. The van der Waals surface area contributed by atoms with Crippen molar-refractivity contribution in [3.8, 4) is 0 Å². The maximum atomic E-state index is 13.4. The summed E-state index contributed by atoms with van der Waals surface area (Å²) in [7, 11) is 0. The zero-order valence-electron chi connectivity index (χ0n) is 12.5. The Balaban J connectivity index is 2.13. The van der Waals surface area contributed by atoms with Crippen LogP contribution >= 0.6 is 0 Å². The van der Waals surface area contributed by atoms with E-state index in [1.807, 2.05) is 18.2 Å². The molecular formula is C17H18FN3. The summed E-state index contributed by atoms with van der Waals surface area (Å²) in [6.45, 7) is 6.37. The predicted octanol–water partition coefficient (Wildman–Crippen LogP) is 3.92. The van der Waals surface area contributed by atoms with E-state index in [0.29, 0.717) is 6.42 Å². The highest BCUT2D eigenvalue weighted by Crippen LogP contribution is 2.25. The van der Waals surface area contributed by atoms with Crippen LogP contribution in [0.25, 0.3) is 11.2 Å². The van der Waals surface area contributed by atoms with Crippen LogP contribution in [0.1, 0.15) is 32.2 Å². The van der Waals surface area contributed by atoms with E-state index in [0.717, 1.165) is 22.6 Å². The van der Waals surface area contributed by atoms with E-state index in [4.69, 9.17) is 0 Å². The first kappa shape index (κ1) is 13.7. The zero-order valence-corrected chi connectivity index (χ0v) is 12.5. The van der Waals surface area contributed by atoms with Crippen molar-refractivity contribution in [3.05, 3.63) is 59.8 Å². The molecule has 0 N–H and O–H groups in total. The molecule has 0 spiro atoms. The quantitative estimate of drug-likeness (QED) is 0.713. The fourth-order valence-electron chi connectivity index (χ4n) is 2.61. The number of hydrogen-bond acceptors (Lipinski definition) is 2. The summed E-state index contributed by atoms with van der Waals surface area (Å²) < 4.78 is 15.5. The van der Waals surface area contributed by atoms with Crippen LogP contribution in [0.3, 0.4) is 0 Å². The maximum absolute atomic E-state index is 13.4. The van der Waals surface area contributed by atoms with E-state index >= 15 is 0 Å². The van der Waals surface area contributed by atoms with Crippen molar-refractivity contribution in [2.75, 3.05) is 0 Å². The summed E-state index contributed by atoms with van der Waals surface area (Å²) in [6.07, 6.45) is 2.36. The van der Waals surface area contributed by atoms with Gasteiger partial charge in [0.05, 0.1) is 0 Å². The molecule has 0 saturated heterocycles. The minimum Gasteiger partial charge on any atom is -0.307 e. The van der Waals surface area contributed by atoms with Crippen molar-refractivity contribution < 1.29 is 4.39 Å². The van der Waals surface area contributed by atoms with Crippen LogP contribution in [0.4, 0.5) is 4.39 Å². The van der Waals surface area contributed by atoms with Gasteiger partial charge in [-0.05, 0) is 50.6 Å². The van der Waals surface area contributed by atoms with Gasteiger partial charge in [-0.2, -0.15) is 0 Å². The molecule has 3 aromatic rings. The third kappa shape index (κ3) is 2.66. The molecule has 1 aromatic carbocycles. The predicted molar refractivity (Wildman–Crippen MR) is 81.7 cm³/mol. The molecule has 2 aromatic heterocycles. The van der Waals surface area contributed by atoms with Crippen molar-refractivity contribution in [3.63, 3.8) is 0 Å². The molecular weight excluding hydrogens is 265 g/mol. The lowest BCUT2D eigenvalue weighted by molar-refractivity contribution is 0.394. The number of hydrogen-bond donors (Lipinski definition) is 0. The summed E-state index contributed by atoms with van der Waals surface area (Å²) in [4.78, 5) is 9.14. The molecule has 0 saturated carbocycles. The number of aromatic nitrogens is 3. The van der Waals surface area contributed by atoms with Gasteiger partial charge in [0, 0.05) is 18.2 Å². The van der Waals surface area contributed by atoms with E-state index < -0.39 is 0 Å². The van der Waals surface area contributed by atoms with Crippen LogP contribution in [-0.4, -0.2) is 14.5 Å². The molecule has 3 nitrogen and oxygen atoms in total. The molecule has 0 unspecified atom stereocenters. The first-order valence-electron chi connectivity index (χ1n) is 7.02. The summed E-state index contributed by atoms with van der Waals surface area (Å²) >= 11 is 0. The van der Waals surface area contributed by atoms with Crippen LogP contribution in [0.2, 0.25) is 0 Å². The van der Waals surface area contributed by atoms with Crippen molar-refractivity contribution in [1.82, 2.24) is 14.5 Å². The average molecular weight is 283 g/mol. The number of halogens is 1. The summed E-state index contributed by atoms with van der Waals surface area (Å²) in [5.74, 6) is 0.686. The highest BCUT2D eigenvalue weighted by molar-refractivity contribution is 5.71. The SMILES string of the molecule is CC(C)(C)n1c(Cc2cccc(F)c2)nc2cccnc21. The Hall–Kier alpha value is -2.23. The lowest BCUT2D eigenvalue weighted by atomic mass is 10.1. The van der Waals surface area contributed by atoms with Gasteiger partial charge in [0.15, 0.2) is 5.65 Å². The van der Waals surface area contributed by atoms with Crippen molar-refractivity contribution in [2.45, 2.75) is 32.7 Å². The smallest absolute Gasteiger partial charge is 0.160 e. The van der Waals surface area contributed by atoms with Gasteiger partial charge in [-0.25, -0.2) is 14.4 Å². The molecule has 0 fully saturated rings. The molecule has 2 heterocycles. The fourth-order valence-corrected chi connectivity index (χ4v) is 2.61. The van der Waals surface area contributed by atoms with E-state index in [-0.39, 0.29) is 11.4 Å². The van der Waals surface area contributed by atoms with Crippen LogP contribution in [0.15, 0.2) is 42.6 Å². The highest BCUT2D eigenvalue weighted by atomic mass is 19.1. The second-order valence-corrected chi connectivity index (χ2v) is 6.19. The van der Waals surface area contributed by atoms with Gasteiger partial charge in [-0.1, -0.05) is 12.1 Å². The van der Waals surface area contributed by atoms with Crippen LogP contribution < -0.4 is 0 Å². The molecule has 0 aliphatic carbocycles. The molecule has 21 heavy (non-hydrogen) atoms. The van der Waals surface area contributed by atoms with Gasteiger partial charge in [-0.15, -0.1) is 0 Å². The van der Waals surface area contributed by atoms with Gasteiger partial charge in [-0.3, -0.25) is 0 Å². The van der Waals surface area contributed by atoms with Crippen LogP contribution in [0, 0.1) is 5.82 Å². The van der Waals surface area contributed by atoms with Crippen LogP contribution in [-0.2, 0) is 12.0 Å². The summed E-state index contributed by atoms with van der Waals surface area (Å²) in [6, 6.07) is 10.5. The van der Waals surface area contributed by atoms with Crippen molar-refractivity contribution in [2.24, 2.45) is 0 Å². The van der Waals surface area contributed by atoms with E-state index in [1.165, 1.54) is 6.07 Å². The molecule has 0 amide bonds. The first-order valence-corrected chi connectivity index (χ1v) is 7.02. The van der Waals surface area contributed by atoms with Gasteiger partial charge >= 0.3 is 0 Å². The number of pyridine rings is 1. The monoisotopic (exact) mass is 283 g/mol. The lowest BCUT2D eigenvalue weighted by Gasteiger charge is -2.24. The molecule has 3 rings (SSSR count). The standard InChI is InChI=1S/C17H18FN3/c1-17(2,3)21-15(11-12-6-4-7-13(18)10-12)20-14-8-5-9-19-16(14)21/h4-10H,11H2,1-3H3. The van der Waals surface area contributed by atoms with Gasteiger partial charge < -0.3 is 4.57 Å². The van der Waals surface area contributed by atoms with Crippen molar-refractivity contribution >= 4 is 11.2 Å². The minimum atomic E-state index is -0.218. The molecule has 0 aliphatic heterocycles. The molecule has 0 bridgehead atoms. The van der Waals surface area contributed by atoms with Gasteiger partial charge in [0.1, 0.15) is 17.2 Å². The van der Waals surface area contributed by atoms with Gasteiger partial charge in [0.2, 0.25) is 0 Å². The maximum Gasteiger partial charge on any atom is 0.160 e. The summed E-state index contributed by atoms with van der Waals surface area (Å²) in [5, 5.41) is 0. The van der Waals surface area contributed by atoms with E-state index in [1.54, 1.807) is 18.3 Å². The molecule has 0 atom stereocenters. The Bertz CT molecular complexity index is 784. The highest BCUT2D eigenvalue weighted by Gasteiger charge is 2.22. The fraction of sp³-hybridized carbons (Fsp3) is 0.294. The Morgan fingerprint density at radius 1 is 1.14 bits per heavy atom. The zero-order chi connectivity index (χ0) is 15.0. The molecule has 108 valence electrons. The largest absolute Gasteiger partial charge is 0.307 e. The third-order valence-electron chi connectivity index (χ3n) is 3.41. The van der Waals surface area contributed by atoms with E-state index in [9.17, 15) is 4.39 Å². The third-order valence-corrected chi connectivity index (χ3v) is 3.41. The Morgan fingerprint density at radius 2 is 1.95 bits per heavy atom. The number of nitrogens with zero attached hydrogens (tertiary/aromatic N) is 3. The van der Waals surface area contributed by atoms with Gasteiger partial charge in [0.25, 0.3) is 0 Å². The normalized spacial score (nSPS) is 12.0. The molecule has 0 radical (unpaired) electrons. The lowest BCUT2D eigenvalue weighted by Crippen LogP contribution is -2.24. The average Bonchev–Trinajstić information content (AvgIpc) is 2.76. The second-order valence-electron chi connectivity index (χ2n) is 6.19. The Labute approximate surface area is 123 Å². The molecule has 0 aliphatic rings. The minimum absolute atomic E-state index is 0.133. The van der Waals surface area contributed by atoms with Crippen molar-refractivity contribution in [1.29, 1.82) is 0 Å². The number of fused-ring (bicyclic) bond motifs is 1. The first-order chi connectivity index (χ1) is 9.95. The van der Waals surface area contributed by atoms with E-state index in [2.05, 4.69) is 35.3 Å². The summed E-state index contributed by atoms with van der Waals surface area (Å²) in [5.41, 5.74) is 2.53. The number of imidazole rings is 1. The number of benzene rings is 1. The second kappa shape index (κ2) is 4.95. The van der Waals surface area contributed by atoms with Crippen LogP contribution in [0.5, 0.6) is 0 Å². The topological polar surface area (TPSA) is 30.7 Å². The Kier molecular flexibility index (Phi) is 3.24. The Morgan fingerprint density at radius 3 is 2.67 bits per heavy atom. The molecule has 4 heteroatoms.